The average molecular weight is 407 g/mol. The van der Waals surface area contributed by atoms with Crippen LogP contribution in [0.4, 0.5) is 0 Å². The fourth-order valence-corrected chi connectivity index (χ4v) is 5.13. The van der Waals surface area contributed by atoms with E-state index in [9.17, 15) is 4.79 Å². The van der Waals surface area contributed by atoms with Crippen molar-refractivity contribution in [1.29, 1.82) is 0 Å². The van der Waals surface area contributed by atoms with Crippen LogP contribution in [0.25, 0.3) is 10.4 Å². The van der Waals surface area contributed by atoms with Crippen molar-refractivity contribution in [3.05, 3.63) is 46.3 Å². The minimum absolute atomic E-state index is 0. The minimum atomic E-state index is 0. The molecule has 6 heteroatoms. The Morgan fingerprint density at radius 2 is 1.93 bits per heavy atom. The molecule has 2 N–H and O–H groups in total. The van der Waals surface area contributed by atoms with Gasteiger partial charge in [-0.2, -0.15) is 0 Å². The van der Waals surface area contributed by atoms with E-state index in [0.29, 0.717) is 6.54 Å². The number of fused-ring (bicyclic) bond motifs is 3. The number of amides is 1. The van der Waals surface area contributed by atoms with Gasteiger partial charge in [-0.3, -0.25) is 4.79 Å². The normalized spacial score (nSPS) is 16.4. The Kier molecular flexibility index (Phi) is 6.93. The van der Waals surface area contributed by atoms with Gasteiger partial charge < -0.3 is 15.4 Å². The molecule has 1 aromatic carbocycles. The number of aryl methyl sites for hydroxylation is 2. The highest BCUT2D eigenvalue weighted by atomic mass is 35.5. The number of ether oxygens (including phenoxy) is 1. The lowest BCUT2D eigenvalue weighted by molar-refractivity contribution is 0.00857. The number of rotatable bonds is 5. The van der Waals surface area contributed by atoms with Crippen LogP contribution < -0.4 is 5.73 Å². The molecule has 4 nitrogen and oxygen atoms in total. The fraction of sp³-hybridized carbons (Fsp3) is 0.476. The highest BCUT2D eigenvalue weighted by Gasteiger charge is 2.27. The number of hydrogen-bond donors (Lipinski definition) is 1. The maximum Gasteiger partial charge on any atom is 0.263 e. The van der Waals surface area contributed by atoms with E-state index in [-0.39, 0.29) is 24.4 Å². The van der Waals surface area contributed by atoms with E-state index in [1.165, 1.54) is 21.6 Å². The van der Waals surface area contributed by atoms with Gasteiger partial charge in [-0.05, 0) is 61.4 Å². The van der Waals surface area contributed by atoms with Gasteiger partial charge in [0.15, 0.2) is 0 Å². The molecule has 0 saturated carbocycles. The second-order valence-corrected chi connectivity index (χ2v) is 8.18. The molecule has 0 atom stereocenters. The van der Waals surface area contributed by atoms with Crippen molar-refractivity contribution in [2.24, 2.45) is 5.73 Å². The largest absolute Gasteiger partial charge is 0.378 e. The molecule has 2 heterocycles. The van der Waals surface area contributed by atoms with Gasteiger partial charge >= 0.3 is 0 Å². The Morgan fingerprint density at radius 3 is 2.70 bits per heavy atom. The number of nitrogens with two attached hydrogens (primary N) is 1. The van der Waals surface area contributed by atoms with E-state index >= 15 is 0 Å². The smallest absolute Gasteiger partial charge is 0.263 e. The maximum atomic E-state index is 13.0. The van der Waals surface area contributed by atoms with Crippen LogP contribution in [0, 0.1) is 0 Å². The summed E-state index contributed by atoms with van der Waals surface area (Å²) in [6.45, 7) is 2.96. The first-order valence-electron chi connectivity index (χ1n) is 9.58. The summed E-state index contributed by atoms with van der Waals surface area (Å²) < 4.78 is 5.85. The summed E-state index contributed by atoms with van der Waals surface area (Å²) in [4.78, 5) is 17.1. The molecule has 1 amide bonds. The Bertz CT molecular complexity index is 784. The summed E-state index contributed by atoms with van der Waals surface area (Å²) in [6.07, 6.45) is 5.12. The summed E-state index contributed by atoms with van der Waals surface area (Å²) in [5.74, 6) is 0.183. The van der Waals surface area contributed by atoms with Gasteiger partial charge in [-0.1, -0.05) is 24.3 Å². The lowest BCUT2D eigenvalue weighted by Gasteiger charge is -2.31. The van der Waals surface area contributed by atoms with Gasteiger partial charge in [0, 0.05) is 24.6 Å². The van der Waals surface area contributed by atoms with Crippen LogP contribution in [0.15, 0.2) is 30.3 Å². The number of halogens is 1. The molecular formula is C21H27ClN2O2S. The van der Waals surface area contributed by atoms with Crippen LogP contribution in [-0.4, -0.2) is 43.2 Å². The van der Waals surface area contributed by atoms with Gasteiger partial charge in [-0.25, -0.2) is 0 Å². The molecule has 1 aromatic heterocycles. The van der Waals surface area contributed by atoms with Crippen molar-refractivity contribution >= 4 is 29.7 Å². The predicted octanol–water partition coefficient (Wildman–Crippen LogP) is 3.91. The first-order chi connectivity index (χ1) is 12.8. The summed E-state index contributed by atoms with van der Waals surface area (Å²) >= 11 is 1.66. The topological polar surface area (TPSA) is 55.6 Å². The minimum Gasteiger partial charge on any atom is -0.378 e. The Labute approximate surface area is 171 Å². The second-order valence-electron chi connectivity index (χ2n) is 7.13. The molecule has 1 aliphatic carbocycles. The first kappa shape index (κ1) is 20.3. The SMILES string of the molecule is Cl.NCCCOC1CCN(C(=O)c2cc3c(s2)-c2ccccc2CC3)CC1. The quantitative estimate of drug-likeness (QED) is 0.766. The number of thiophene rings is 1. The van der Waals surface area contributed by atoms with Crippen molar-refractivity contribution in [3.63, 3.8) is 0 Å². The van der Waals surface area contributed by atoms with Gasteiger partial charge in [0.25, 0.3) is 5.91 Å². The number of carbonyl (C=O) groups is 1. The van der Waals surface area contributed by atoms with E-state index in [1.54, 1.807) is 11.3 Å². The second kappa shape index (κ2) is 9.20. The van der Waals surface area contributed by atoms with E-state index in [0.717, 1.165) is 56.7 Å². The lowest BCUT2D eigenvalue weighted by Crippen LogP contribution is -2.40. The fourth-order valence-electron chi connectivity index (χ4n) is 3.89. The van der Waals surface area contributed by atoms with E-state index in [4.69, 9.17) is 10.5 Å². The highest BCUT2D eigenvalue weighted by Crippen LogP contribution is 2.40. The molecule has 2 aromatic rings. The Hall–Kier alpha value is -1.40. The molecule has 146 valence electrons. The molecule has 1 fully saturated rings. The molecule has 0 unspecified atom stereocenters. The highest BCUT2D eigenvalue weighted by molar-refractivity contribution is 7.17. The summed E-state index contributed by atoms with van der Waals surface area (Å²) in [7, 11) is 0. The molecule has 4 rings (SSSR count). The van der Waals surface area contributed by atoms with Crippen LogP contribution >= 0.6 is 23.7 Å². The van der Waals surface area contributed by atoms with Crippen molar-refractivity contribution in [2.75, 3.05) is 26.2 Å². The number of benzene rings is 1. The third-order valence-electron chi connectivity index (χ3n) is 5.38. The number of piperidine rings is 1. The zero-order chi connectivity index (χ0) is 17.9. The van der Waals surface area contributed by atoms with Crippen molar-refractivity contribution < 1.29 is 9.53 Å². The Balaban J connectivity index is 0.00000210. The first-order valence-corrected chi connectivity index (χ1v) is 10.4. The van der Waals surface area contributed by atoms with Crippen LogP contribution in [0.2, 0.25) is 0 Å². The summed E-state index contributed by atoms with van der Waals surface area (Å²) in [6, 6.07) is 10.7. The van der Waals surface area contributed by atoms with E-state index in [2.05, 4.69) is 30.3 Å². The van der Waals surface area contributed by atoms with Crippen LogP contribution in [0.1, 0.15) is 40.1 Å². The molecule has 1 saturated heterocycles. The number of nitrogens with zero attached hydrogens (tertiary/aromatic N) is 1. The molecule has 27 heavy (non-hydrogen) atoms. The van der Waals surface area contributed by atoms with Gasteiger partial charge in [0.2, 0.25) is 0 Å². The van der Waals surface area contributed by atoms with Gasteiger partial charge in [0.05, 0.1) is 11.0 Å². The third-order valence-corrected chi connectivity index (χ3v) is 6.58. The maximum absolute atomic E-state index is 13.0. The van der Waals surface area contributed by atoms with Crippen LogP contribution in [-0.2, 0) is 17.6 Å². The molecular weight excluding hydrogens is 380 g/mol. The lowest BCUT2D eigenvalue weighted by atomic mass is 9.91. The summed E-state index contributed by atoms with van der Waals surface area (Å²) in [5, 5.41) is 0. The standard InChI is InChI=1S/C21H26N2O2S.ClH/c22-10-3-13-25-17-8-11-23(12-9-17)21(24)19-14-16-7-6-15-4-1-2-5-18(15)20(16)26-19;/h1-2,4-5,14,17H,3,6-13,22H2;1H. The van der Waals surface area contributed by atoms with Crippen molar-refractivity contribution in [2.45, 2.75) is 38.2 Å². The molecule has 1 aliphatic heterocycles. The number of likely N-dealkylation sites (tertiary alicyclic amines) is 1. The monoisotopic (exact) mass is 406 g/mol. The zero-order valence-corrected chi connectivity index (χ0v) is 17.1. The Morgan fingerprint density at radius 1 is 1.19 bits per heavy atom. The van der Waals surface area contributed by atoms with Crippen LogP contribution in [0.5, 0.6) is 0 Å². The van der Waals surface area contributed by atoms with Gasteiger partial charge in [-0.15, -0.1) is 23.7 Å². The van der Waals surface area contributed by atoms with Crippen LogP contribution in [0.3, 0.4) is 0 Å². The molecule has 0 bridgehead atoms. The van der Waals surface area contributed by atoms with E-state index in [1.807, 2.05) is 4.90 Å². The molecule has 0 spiro atoms. The number of carbonyl (C=O) groups excluding carboxylic acids is 1. The molecule has 2 aliphatic rings. The average Bonchev–Trinajstić information content (AvgIpc) is 3.13. The zero-order valence-electron chi connectivity index (χ0n) is 15.5. The van der Waals surface area contributed by atoms with Crippen molar-refractivity contribution in [3.8, 4) is 10.4 Å². The third kappa shape index (κ3) is 4.37. The molecule has 0 radical (unpaired) electrons. The number of hydrogen-bond acceptors (Lipinski definition) is 4. The summed E-state index contributed by atoms with van der Waals surface area (Å²) in [5.41, 5.74) is 9.55. The van der Waals surface area contributed by atoms with E-state index < -0.39 is 0 Å². The predicted molar refractivity (Wildman–Crippen MR) is 113 cm³/mol. The van der Waals surface area contributed by atoms with Gasteiger partial charge in [0.1, 0.15) is 0 Å². The van der Waals surface area contributed by atoms with Crippen molar-refractivity contribution in [1.82, 2.24) is 4.90 Å².